The monoisotopic (exact) mass is 110 g/mol. The van der Waals surface area contributed by atoms with E-state index in [0.29, 0.717) is 6.61 Å². The summed E-state index contributed by atoms with van der Waals surface area (Å²) in [5, 5.41) is 0. The summed E-state index contributed by atoms with van der Waals surface area (Å²) in [5.74, 6) is 0. The van der Waals surface area contributed by atoms with Gasteiger partial charge in [0.1, 0.15) is 0 Å². The normalized spacial score (nSPS) is 17.0. The first-order chi connectivity index (χ1) is 4.00. The van der Waals surface area contributed by atoms with Crippen LogP contribution in [0, 0.1) is 0 Å². The molecular weight excluding hydrogens is 104 g/mol. The second-order valence-corrected chi connectivity index (χ2v) is 1.32. The van der Waals surface area contributed by atoms with E-state index in [1.165, 1.54) is 6.26 Å². The topological polar surface area (TPSA) is 18.5 Å². The fraction of sp³-hybridized carbons (Fsp3) is 0.333. The third-order valence-electron chi connectivity index (χ3n) is 0.706. The number of rotatable bonds is 0. The summed E-state index contributed by atoms with van der Waals surface area (Å²) in [7, 11) is 0. The lowest BCUT2D eigenvalue weighted by atomic mass is 10.4. The van der Waals surface area contributed by atoms with Crippen molar-refractivity contribution in [3.8, 4) is 0 Å². The van der Waals surface area contributed by atoms with Crippen LogP contribution in [0.25, 0.3) is 0 Å². The summed E-state index contributed by atoms with van der Waals surface area (Å²) in [6, 6.07) is 0. The highest BCUT2D eigenvalue weighted by Crippen LogP contribution is 1.87. The maximum atomic E-state index is 4.59. The zero-order valence-electron chi connectivity index (χ0n) is 4.39. The van der Waals surface area contributed by atoms with E-state index in [-0.39, 0.29) is 0 Å². The third kappa shape index (κ3) is 1.67. The van der Waals surface area contributed by atoms with Gasteiger partial charge in [-0.2, -0.15) is 4.89 Å². The van der Waals surface area contributed by atoms with Gasteiger partial charge in [-0.05, 0) is 11.8 Å². The van der Waals surface area contributed by atoms with Gasteiger partial charge in [-0.1, -0.05) is 5.73 Å². The van der Waals surface area contributed by atoms with E-state index in [9.17, 15) is 0 Å². The molecule has 0 aromatic rings. The van der Waals surface area contributed by atoms with Crippen LogP contribution in [-0.4, -0.2) is 6.61 Å². The first kappa shape index (κ1) is 5.20. The Bertz CT molecular complexity index is 130. The van der Waals surface area contributed by atoms with Crippen molar-refractivity contribution in [2.24, 2.45) is 0 Å². The molecule has 1 aliphatic rings. The minimum atomic E-state index is 0.588. The Morgan fingerprint density at radius 3 is 3.38 bits per heavy atom. The Hall–Kier alpha value is -0.940. The summed E-state index contributed by atoms with van der Waals surface area (Å²) in [5.41, 5.74) is 5.36. The molecule has 2 heteroatoms. The molecule has 1 heterocycles. The zero-order valence-corrected chi connectivity index (χ0v) is 4.39. The average molecular weight is 110 g/mol. The minimum absolute atomic E-state index is 0.588. The van der Waals surface area contributed by atoms with E-state index in [4.69, 9.17) is 0 Å². The molecule has 0 aromatic carbocycles. The number of hydrogen-bond acceptors (Lipinski definition) is 2. The Morgan fingerprint density at radius 2 is 2.38 bits per heavy atom. The zero-order chi connectivity index (χ0) is 5.66. The van der Waals surface area contributed by atoms with Gasteiger partial charge in [0, 0.05) is 6.42 Å². The molecule has 0 fully saturated rings. The molecule has 0 bridgehead atoms. The van der Waals surface area contributed by atoms with Crippen molar-refractivity contribution in [2.45, 2.75) is 6.42 Å². The fourth-order valence-corrected chi connectivity index (χ4v) is 0.378. The molecule has 0 spiro atoms. The van der Waals surface area contributed by atoms with Gasteiger partial charge in [-0.3, -0.25) is 0 Å². The molecule has 8 heavy (non-hydrogen) atoms. The maximum absolute atomic E-state index is 4.59. The summed E-state index contributed by atoms with van der Waals surface area (Å²) in [6.45, 7) is 0.588. The lowest BCUT2D eigenvalue weighted by molar-refractivity contribution is -0.247. The van der Waals surface area contributed by atoms with Gasteiger partial charge in [0.2, 0.25) is 0 Å². The van der Waals surface area contributed by atoms with Crippen molar-refractivity contribution in [1.29, 1.82) is 0 Å². The molecule has 0 atom stereocenters. The van der Waals surface area contributed by atoms with Crippen molar-refractivity contribution in [2.75, 3.05) is 6.61 Å². The van der Waals surface area contributed by atoms with Gasteiger partial charge in [-0.25, -0.2) is 0 Å². The quantitative estimate of drug-likeness (QED) is 0.344. The van der Waals surface area contributed by atoms with Crippen molar-refractivity contribution >= 4 is 0 Å². The highest BCUT2D eigenvalue weighted by Gasteiger charge is 1.82. The molecule has 0 saturated carbocycles. The summed E-state index contributed by atoms with van der Waals surface area (Å²) in [6.07, 6.45) is 4.01. The second-order valence-electron chi connectivity index (χ2n) is 1.32. The van der Waals surface area contributed by atoms with E-state index in [0.717, 1.165) is 6.42 Å². The first-order valence-corrected chi connectivity index (χ1v) is 2.43. The minimum Gasteiger partial charge on any atom is -0.336 e. The standard InChI is InChI=1S/C6H6O2/c1-2-4-6-8-7-5-3-1/h1,6H,3,5H2. The van der Waals surface area contributed by atoms with Crippen molar-refractivity contribution in [3.63, 3.8) is 0 Å². The van der Waals surface area contributed by atoms with Gasteiger partial charge in [-0.15, -0.1) is 0 Å². The van der Waals surface area contributed by atoms with E-state index in [2.05, 4.69) is 21.2 Å². The fourth-order valence-electron chi connectivity index (χ4n) is 0.378. The predicted molar refractivity (Wildman–Crippen MR) is 27.8 cm³/mol. The van der Waals surface area contributed by atoms with Gasteiger partial charge in [0.15, 0.2) is 6.26 Å². The van der Waals surface area contributed by atoms with E-state index in [1.54, 1.807) is 0 Å². The molecule has 42 valence electrons. The summed E-state index contributed by atoms with van der Waals surface area (Å²) < 4.78 is 0. The van der Waals surface area contributed by atoms with Crippen LogP contribution in [0.15, 0.2) is 23.8 Å². The molecule has 0 amide bonds. The predicted octanol–water partition coefficient (Wildman–Crippen LogP) is 1.16. The van der Waals surface area contributed by atoms with E-state index < -0.39 is 0 Å². The highest BCUT2D eigenvalue weighted by atomic mass is 17.2. The Kier molecular flexibility index (Phi) is 2.02. The van der Waals surface area contributed by atoms with Gasteiger partial charge in [0.25, 0.3) is 0 Å². The molecule has 1 aliphatic heterocycles. The molecule has 2 nitrogen and oxygen atoms in total. The largest absolute Gasteiger partial charge is 0.336 e. The lowest BCUT2D eigenvalue weighted by Crippen LogP contribution is -1.89. The van der Waals surface area contributed by atoms with Crippen molar-refractivity contribution in [3.05, 3.63) is 23.8 Å². The number of hydrogen-bond donors (Lipinski definition) is 0. The molecule has 0 aliphatic carbocycles. The van der Waals surface area contributed by atoms with Crippen LogP contribution in [-0.2, 0) is 9.78 Å². The summed E-state index contributed by atoms with van der Waals surface area (Å²) in [4.78, 5) is 9.04. The second kappa shape index (κ2) is 3.11. The van der Waals surface area contributed by atoms with E-state index in [1.807, 2.05) is 6.08 Å². The van der Waals surface area contributed by atoms with Crippen LogP contribution in [0.5, 0.6) is 0 Å². The Morgan fingerprint density at radius 1 is 1.38 bits per heavy atom. The van der Waals surface area contributed by atoms with Crippen molar-refractivity contribution in [1.82, 2.24) is 0 Å². The van der Waals surface area contributed by atoms with Crippen LogP contribution < -0.4 is 0 Å². The van der Waals surface area contributed by atoms with Crippen LogP contribution in [0.2, 0.25) is 0 Å². The lowest BCUT2D eigenvalue weighted by Gasteiger charge is -1.95. The first-order valence-electron chi connectivity index (χ1n) is 2.43. The van der Waals surface area contributed by atoms with Crippen LogP contribution in [0.1, 0.15) is 6.42 Å². The third-order valence-corrected chi connectivity index (χ3v) is 0.706. The smallest absolute Gasteiger partial charge is 0.179 e. The Balaban J connectivity index is 2.59. The Labute approximate surface area is 47.6 Å². The van der Waals surface area contributed by atoms with Crippen LogP contribution in [0.4, 0.5) is 0 Å². The SMILES string of the molecule is C1=C=COOCCC=1. The molecular formula is C6H6O2. The average Bonchev–Trinajstić information content (AvgIpc) is 1.62. The van der Waals surface area contributed by atoms with Gasteiger partial charge in [0.05, 0.1) is 6.61 Å². The van der Waals surface area contributed by atoms with Crippen LogP contribution >= 0.6 is 0 Å². The van der Waals surface area contributed by atoms with Gasteiger partial charge < -0.3 is 4.89 Å². The maximum Gasteiger partial charge on any atom is 0.179 e. The van der Waals surface area contributed by atoms with E-state index >= 15 is 0 Å². The molecule has 0 saturated heterocycles. The molecule has 0 aromatic heterocycles. The van der Waals surface area contributed by atoms with Crippen LogP contribution in [0.3, 0.4) is 0 Å². The summed E-state index contributed by atoms with van der Waals surface area (Å²) >= 11 is 0. The molecule has 0 unspecified atom stereocenters. The molecule has 1 rings (SSSR count). The van der Waals surface area contributed by atoms with Gasteiger partial charge >= 0.3 is 0 Å². The van der Waals surface area contributed by atoms with Crippen molar-refractivity contribution < 1.29 is 9.78 Å². The highest BCUT2D eigenvalue weighted by molar-refractivity contribution is 4.83. The molecule has 0 N–H and O–H groups in total. The molecule has 0 radical (unpaired) electrons.